The van der Waals surface area contributed by atoms with Crippen LogP contribution in [0.1, 0.15) is 23.1 Å². The second-order valence-corrected chi connectivity index (χ2v) is 8.32. The van der Waals surface area contributed by atoms with Crippen LogP contribution >= 0.6 is 11.8 Å². The quantitative estimate of drug-likeness (QED) is 0.481. The molecule has 4 heterocycles. The van der Waals surface area contributed by atoms with Gasteiger partial charge in [-0.1, -0.05) is 6.07 Å². The van der Waals surface area contributed by atoms with Crippen LogP contribution in [0.15, 0.2) is 47.9 Å². The SMILES string of the molecule is N#Cc1c(SCc2cccnc2)nc(N2CCC2)c(C#N)c1-c1ccc(OC(F)(F)CO)cn1. The summed E-state index contributed by atoms with van der Waals surface area (Å²) in [4.78, 5) is 14.9. The van der Waals surface area contributed by atoms with Gasteiger partial charge in [0.25, 0.3) is 0 Å². The van der Waals surface area contributed by atoms with Gasteiger partial charge in [0.15, 0.2) is 0 Å². The molecule has 0 amide bonds. The Morgan fingerprint density at radius 2 is 1.94 bits per heavy atom. The Labute approximate surface area is 198 Å². The van der Waals surface area contributed by atoms with Crippen molar-refractivity contribution >= 4 is 17.6 Å². The highest BCUT2D eigenvalue weighted by molar-refractivity contribution is 7.98. The lowest BCUT2D eigenvalue weighted by atomic mass is 9.99. The number of ether oxygens (including phenoxy) is 1. The van der Waals surface area contributed by atoms with Gasteiger partial charge in [-0.05, 0) is 30.2 Å². The van der Waals surface area contributed by atoms with E-state index in [9.17, 15) is 19.3 Å². The summed E-state index contributed by atoms with van der Waals surface area (Å²) in [7, 11) is 0. The number of rotatable bonds is 8. The smallest absolute Gasteiger partial charge is 0.421 e. The van der Waals surface area contributed by atoms with Crippen molar-refractivity contribution in [2.24, 2.45) is 0 Å². The van der Waals surface area contributed by atoms with Crippen LogP contribution in [0.5, 0.6) is 5.75 Å². The largest absolute Gasteiger partial charge is 0.429 e. The molecule has 4 rings (SSSR count). The number of thioether (sulfide) groups is 1. The van der Waals surface area contributed by atoms with Gasteiger partial charge in [0.2, 0.25) is 0 Å². The van der Waals surface area contributed by atoms with E-state index in [4.69, 9.17) is 5.11 Å². The number of halogens is 2. The molecule has 0 saturated carbocycles. The zero-order valence-electron chi connectivity index (χ0n) is 17.8. The maximum absolute atomic E-state index is 13.4. The van der Waals surface area contributed by atoms with Crippen molar-refractivity contribution < 1.29 is 18.6 Å². The van der Waals surface area contributed by atoms with Crippen LogP contribution in [-0.4, -0.2) is 45.9 Å². The average molecular weight is 481 g/mol. The van der Waals surface area contributed by atoms with Crippen LogP contribution in [0.2, 0.25) is 0 Å². The van der Waals surface area contributed by atoms with Crippen LogP contribution in [0, 0.1) is 22.7 Å². The topological polar surface area (TPSA) is 119 Å². The second kappa shape index (κ2) is 10.00. The maximum Gasteiger partial charge on any atom is 0.421 e. The van der Waals surface area contributed by atoms with Crippen LogP contribution in [0.4, 0.5) is 14.6 Å². The summed E-state index contributed by atoms with van der Waals surface area (Å²) in [5.74, 6) is 0.713. The molecular formula is C23H18F2N6O2S. The summed E-state index contributed by atoms with van der Waals surface area (Å²) in [5.41, 5.74) is 1.86. The third-order valence-corrected chi connectivity index (χ3v) is 6.11. The third kappa shape index (κ3) is 4.91. The lowest BCUT2D eigenvalue weighted by Crippen LogP contribution is -2.38. The molecular weight excluding hydrogens is 462 g/mol. The van der Waals surface area contributed by atoms with Gasteiger partial charge in [-0.25, -0.2) is 4.98 Å². The molecule has 8 nitrogen and oxygen atoms in total. The number of anilines is 1. The minimum absolute atomic E-state index is 0.177. The standard InChI is InChI=1S/C23H18F2N6O2S/c24-23(25,14-32)33-16-4-5-19(29-12-16)20-17(9-26)21(31-7-2-8-31)30-22(18(20)10-27)34-13-15-3-1-6-28-11-15/h1,3-6,11-12,32H,2,7-8,13-14H2. The van der Waals surface area contributed by atoms with Crippen molar-refractivity contribution in [1.29, 1.82) is 10.5 Å². The van der Waals surface area contributed by atoms with Gasteiger partial charge >= 0.3 is 6.11 Å². The van der Waals surface area contributed by atoms with Crippen LogP contribution < -0.4 is 9.64 Å². The number of alkyl halides is 2. The highest BCUT2D eigenvalue weighted by atomic mass is 32.2. The average Bonchev–Trinajstić information content (AvgIpc) is 2.82. The van der Waals surface area contributed by atoms with E-state index >= 15 is 0 Å². The van der Waals surface area contributed by atoms with Gasteiger partial charge < -0.3 is 14.7 Å². The summed E-state index contributed by atoms with van der Waals surface area (Å²) in [6.07, 6.45) is 1.67. The molecule has 1 aliphatic rings. The molecule has 0 spiro atoms. The summed E-state index contributed by atoms with van der Waals surface area (Å²) in [5, 5.41) is 29.1. The molecule has 0 aliphatic carbocycles. The molecule has 0 atom stereocenters. The third-order valence-electron chi connectivity index (χ3n) is 5.07. The molecule has 3 aromatic heterocycles. The normalized spacial score (nSPS) is 13.0. The summed E-state index contributed by atoms with van der Waals surface area (Å²) in [6, 6.07) is 10.7. The van der Waals surface area contributed by atoms with E-state index in [-0.39, 0.29) is 28.1 Å². The molecule has 0 aromatic carbocycles. The van der Waals surface area contributed by atoms with Gasteiger partial charge in [-0.2, -0.15) is 19.3 Å². The van der Waals surface area contributed by atoms with Crippen molar-refractivity contribution in [2.45, 2.75) is 23.3 Å². The number of aliphatic hydroxyl groups is 1. The van der Waals surface area contributed by atoms with Crippen molar-refractivity contribution in [3.05, 3.63) is 59.5 Å². The monoisotopic (exact) mass is 480 g/mol. The van der Waals surface area contributed by atoms with E-state index in [1.54, 1.807) is 12.4 Å². The number of aliphatic hydroxyl groups excluding tert-OH is 1. The number of hydrogen-bond acceptors (Lipinski definition) is 9. The summed E-state index contributed by atoms with van der Waals surface area (Å²) in [6.45, 7) is -0.0145. The first-order chi connectivity index (χ1) is 16.5. The summed E-state index contributed by atoms with van der Waals surface area (Å²) >= 11 is 1.34. The highest BCUT2D eigenvalue weighted by Gasteiger charge is 2.31. The molecule has 3 aromatic rings. The molecule has 1 aliphatic heterocycles. The molecule has 1 saturated heterocycles. The number of aromatic nitrogens is 3. The minimum atomic E-state index is -3.75. The molecule has 0 radical (unpaired) electrons. The Balaban J connectivity index is 1.78. The molecule has 34 heavy (non-hydrogen) atoms. The van der Waals surface area contributed by atoms with Crippen molar-refractivity contribution in [3.63, 3.8) is 0 Å². The predicted molar refractivity (Wildman–Crippen MR) is 120 cm³/mol. The van der Waals surface area contributed by atoms with Gasteiger partial charge in [0.05, 0.1) is 17.5 Å². The van der Waals surface area contributed by atoms with E-state index < -0.39 is 12.7 Å². The van der Waals surface area contributed by atoms with Crippen molar-refractivity contribution in [1.82, 2.24) is 15.0 Å². The van der Waals surface area contributed by atoms with E-state index in [2.05, 4.69) is 31.8 Å². The number of nitrogens with zero attached hydrogens (tertiary/aromatic N) is 6. The van der Waals surface area contributed by atoms with Gasteiger partial charge in [0, 0.05) is 36.8 Å². The zero-order chi connectivity index (χ0) is 24.1. The van der Waals surface area contributed by atoms with Crippen LogP contribution in [-0.2, 0) is 5.75 Å². The predicted octanol–water partition coefficient (Wildman–Crippen LogP) is 3.75. The number of pyridine rings is 3. The van der Waals surface area contributed by atoms with Gasteiger partial charge in [-0.3, -0.25) is 9.97 Å². The maximum atomic E-state index is 13.4. The fraction of sp³-hybridized carbons (Fsp3) is 0.261. The van der Waals surface area contributed by atoms with E-state index in [0.717, 1.165) is 31.3 Å². The Morgan fingerprint density at radius 1 is 1.15 bits per heavy atom. The van der Waals surface area contributed by atoms with E-state index in [1.165, 1.54) is 23.9 Å². The van der Waals surface area contributed by atoms with Crippen molar-refractivity contribution in [3.8, 4) is 29.1 Å². The fourth-order valence-corrected chi connectivity index (χ4v) is 4.22. The van der Waals surface area contributed by atoms with E-state index in [0.29, 0.717) is 16.6 Å². The molecule has 1 N–H and O–H groups in total. The minimum Gasteiger partial charge on any atom is -0.429 e. The molecule has 11 heteroatoms. The lowest BCUT2D eigenvalue weighted by molar-refractivity contribution is -0.201. The van der Waals surface area contributed by atoms with Crippen LogP contribution in [0.3, 0.4) is 0 Å². The fourth-order valence-electron chi connectivity index (χ4n) is 3.31. The Kier molecular flexibility index (Phi) is 6.87. The first-order valence-corrected chi connectivity index (χ1v) is 11.2. The number of hydrogen-bond donors (Lipinski definition) is 1. The Hall–Kier alpha value is -3.80. The second-order valence-electron chi connectivity index (χ2n) is 7.36. The molecule has 0 bridgehead atoms. The van der Waals surface area contributed by atoms with Gasteiger partial charge in [-0.15, -0.1) is 11.8 Å². The first kappa shape index (κ1) is 23.4. The molecule has 172 valence electrons. The van der Waals surface area contributed by atoms with E-state index in [1.807, 2.05) is 17.0 Å². The Bertz CT molecular complexity index is 1260. The van der Waals surface area contributed by atoms with Crippen molar-refractivity contribution in [2.75, 3.05) is 24.6 Å². The molecule has 0 unspecified atom stereocenters. The van der Waals surface area contributed by atoms with Crippen LogP contribution in [0.25, 0.3) is 11.3 Å². The molecule has 1 fully saturated rings. The first-order valence-electron chi connectivity index (χ1n) is 10.2. The summed E-state index contributed by atoms with van der Waals surface area (Å²) < 4.78 is 31.2. The number of nitriles is 2. The lowest BCUT2D eigenvalue weighted by Gasteiger charge is -2.33. The Morgan fingerprint density at radius 3 is 2.50 bits per heavy atom. The van der Waals surface area contributed by atoms with Gasteiger partial charge in [0.1, 0.15) is 40.9 Å². The zero-order valence-corrected chi connectivity index (χ0v) is 18.6. The highest BCUT2D eigenvalue weighted by Crippen LogP contribution is 2.39.